The van der Waals surface area contributed by atoms with Crippen LogP contribution in [0.2, 0.25) is 5.02 Å². The number of carboxylic acid groups (broad SMARTS) is 1. The average Bonchev–Trinajstić information content (AvgIpc) is 3.24. The van der Waals surface area contributed by atoms with Gasteiger partial charge in [-0.1, -0.05) is 11.6 Å². The third-order valence-electron chi connectivity index (χ3n) is 5.08. The number of fused-ring (bicyclic) bond motifs is 2. The van der Waals surface area contributed by atoms with E-state index in [2.05, 4.69) is 10.00 Å². The molecule has 0 spiro atoms. The van der Waals surface area contributed by atoms with Gasteiger partial charge in [-0.2, -0.15) is 5.10 Å². The molecule has 3 atom stereocenters. The van der Waals surface area contributed by atoms with Gasteiger partial charge in [-0.15, -0.1) is 0 Å². The number of carboxylic acids is 1. The minimum absolute atomic E-state index is 0.165. The molecular weight excluding hydrogens is 314 g/mol. The van der Waals surface area contributed by atoms with Crippen LogP contribution >= 0.6 is 11.6 Å². The third-order valence-corrected chi connectivity index (χ3v) is 5.33. The van der Waals surface area contributed by atoms with Crippen molar-refractivity contribution in [2.45, 2.75) is 37.9 Å². The molecule has 2 aliphatic heterocycles. The molecule has 5 nitrogen and oxygen atoms in total. The smallest absolute Gasteiger partial charge is 0.308 e. The molecule has 0 aliphatic carbocycles. The second kappa shape index (κ2) is 5.65. The standard InChI is InChI=1S/C17H18ClN3O2/c18-11-1-3-13(4-2-11)21-8-7-12(19-21)10-20-14-5-6-16(20)15(9-14)17(22)23/h1-4,7-8,14-16H,5-6,9-10H2,(H,22,23)/t14-,15+,16-/m1/s1. The molecule has 2 bridgehead atoms. The van der Waals surface area contributed by atoms with Gasteiger partial charge in [-0.3, -0.25) is 9.69 Å². The monoisotopic (exact) mass is 331 g/mol. The highest BCUT2D eigenvalue weighted by Gasteiger charge is 2.49. The molecule has 2 saturated heterocycles. The first-order valence-corrected chi connectivity index (χ1v) is 8.28. The Kier molecular flexibility index (Phi) is 3.62. The van der Waals surface area contributed by atoms with Crippen molar-refractivity contribution < 1.29 is 9.90 Å². The quantitative estimate of drug-likeness (QED) is 0.935. The molecule has 120 valence electrons. The summed E-state index contributed by atoms with van der Waals surface area (Å²) in [4.78, 5) is 13.7. The van der Waals surface area contributed by atoms with Crippen LogP contribution in [-0.2, 0) is 11.3 Å². The molecule has 3 heterocycles. The van der Waals surface area contributed by atoms with Gasteiger partial charge in [0.15, 0.2) is 0 Å². The molecule has 23 heavy (non-hydrogen) atoms. The van der Waals surface area contributed by atoms with Crippen LogP contribution in [-0.4, -0.2) is 37.8 Å². The summed E-state index contributed by atoms with van der Waals surface area (Å²) in [6.07, 6.45) is 4.80. The van der Waals surface area contributed by atoms with Crippen LogP contribution in [0.3, 0.4) is 0 Å². The van der Waals surface area contributed by atoms with Gasteiger partial charge in [-0.25, -0.2) is 4.68 Å². The Hall–Kier alpha value is -1.85. The van der Waals surface area contributed by atoms with E-state index in [1.807, 2.05) is 41.2 Å². The van der Waals surface area contributed by atoms with Crippen LogP contribution in [0, 0.1) is 5.92 Å². The van der Waals surface area contributed by atoms with Crippen molar-refractivity contribution in [3.05, 3.63) is 47.2 Å². The minimum atomic E-state index is -0.658. The van der Waals surface area contributed by atoms with E-state index in [0.717, 1.165) is 37.2 Å². The molecule has 0 unspecified atom stereocenters. The van der Waals surface area contributed by atoms with Crippen molar-refractivity contribution in [3.63, 3.8) is 0 Å². The van der Waals surface area contributed by atoms with Crippen molar-refractivity contribution in [1.29, 1.82) is 0 Å². The van der Waals surface area contributed by atoms with Gasteiger partial charge < -0.3 is 5.11 Å². The number of hydrogen-bond donors (Lipinski definition) is 1. The maximum atomic E-state index is 11.3. The van der Waals surface area contributed by atoms with Gasteiger partial charge in [0, 0.05) is 29.8 Å². The molecule has 0 radical (unpaired) electrons. The fourth-order valence-electron chi connectivity index (χ4n) is 3.98. The van der Waals surface area contributed by atoms with Crippen LogP contribution < -0.4 is 0 Å². The van der Waals surface area contributed by atoms with Gasteiger partial charge in [0.1, 0.15) is 0 Å². The number of halogens is 1. The zero-order valence-corrected chi connectivity index (χ0v) is 13.4. The number of benzene rings is 1. The van der Waals surface area contributed by atoms with Crippen LogP contribution in [0.1, 0.15) is 25.0 Å². The van der Waals surface area contributed by atoms with Crippen LogP contribution in [0.25, 0.3) is 5.69 Å². The van der Waals surface area contributed by atoms with Gasteiger partial charge >= 0.3 is 5.97 Å². The maximum Gasteiger partial charge on any atom is 0.308 e. The van der Waals surface area contributed by atoms with E-state index in [9.17, 15) is 9.90 Å². The Morgan fingerprint density at radius 1 is 1.26 bits per heavy atom. The molecule has 2 aliphatic rings. The number of aliphatic carboxylic acids is 1. The van der Waals surface area contributed by atoms with Crippen molar-refractivity contribution in [3.8, 4) is 5.69 Å². The summed E-state index contributed by atoms with van der Waals surface area (Å²) in [6.45, 7) is 0.722. The summed E-state index contributed by atoms with van der Waals surface area (Å²) in [5, 5.41) is 14.7. The predicted molar refractivity (Wildman–Crippen MR) is 86.7 cm³/mol. The minimum Gasteiger partial charge on any atom is -0.481 e. The van der Waals surface area contributed by atoms with E-state index in [4.69, 9.17) is 11.6 Å². The highest BCUT2D eigenvalue weighted by atomic mass is 35.5. The molecule has 4 rings (SSSR count). The highest BCUT2D eigenvalue weighted by Crippen LogP contribution is 2.42. The molecule has 2 aromatic rings. The number of carbonyl (C=O) groups is 1. The lowest BCUT2D eigenvalue weighted by Gasteiger charge is -2.21. The van der Waals surface area contributed by atoms with Gasteiger partial charge in [-0.05, 0) is 49.6 Å². The number of rotatable bonds is 4. The molecule has 0 saturated carbocycles. The van der Waals surface area contributed by atoms with E-state index >= 15 is 0 Å². The fraction of sp³-hybridized carbons (Fsp3) is 0.412. The van der Waals surface area contributed by atoms with Crippen LogP contribution in [0.4, 0.5) is 0 Å². The van der Waals surface area contributed by atoms with Crippen molar-refractivity contribution in [2.24, 2.45) is 5.92 Å². The maximum absolute atomic E-state index is 11.3. The van der Waals surface area contributed by atoms with Gasteiger partial charge in [0.25, 0.3) is 0 Å². The Labute approximate surface area is 139 Å². The lowest BCUT2D eigenvalue weighted by atomic mass is 9.89. The van der Waals surface area contributed by atoms with E-state index < -0.39 is 5.97 Å². The summed E-state index contributed by atoms with van der Waals surface area (Å²) in [6, 6.07) is 10.1. The Morgan fingerprint density at radius 2 is 2.04 bits per heavy atom. The molecule has 1 aromatic carbocycles. The van der Waals surface area contributed by atoms with Gasteiger partial charge in [0.2, 0.25) is 0 Å². The third kappa shape index (κ3) is 2.64. The van der Waals surface area contributed by atoms with E-state index in [1.165, 1.54) is 0 Å². The lowest BCUT2D eigenvalue weighted by molar-refractivity contribution is -0.142. The Bertz CT molecular complexity index is 728. The first-order chi connectivity index (χ1) is 11.1. The zero-order valence-electron chi connectivity index (χ0n) is 12.6. The van der Waals surface area contributed by atoms with Crippen molar-refractivity contribution in [2.75, 3.05) is 0 Å². The van der Waals surface area contributed by atoms with Gasteiger partial charge in [0.05, 0.1) is 17.3 Å². The first kappa shape index (κ1) is 14.7. The lowest BCUT2D eigenvalue weighted by Crippen LogP contribution is -2.32. The highest BCUT2D eigenvalue weighted by molar-refractivity contribution is 6.30. The topological polar surface area (TPSA) is 58.4 Å². The van der Waals surface area contributed by atoms with E-state index in [-0.39, 0.29) is 12.0 Å². The summed E-state index contributed by atoms with van der Waals surface area (Å²) in [7, 11) is 0. The molecular formula is C17H18ClN3O2. The summed E-state index contributed by atoms with van der Waals surface area (Å²) in [5.41, 5.74) is 1.94. The van der Waals surface area contributed by atoms with E-state index in [0.29, 0.717) is 11.1 Å². The second-order valence-electron chi connectivity index (χ2n) is 6.38. The zero-order chi connectivity index (χ0) is 16.0. The molecule has 1 aromatic heterocycles. The molecule has 1 N–H and O–H groups in total. The largest absolute Gasteiger partial charge is 0.481 e. The van der Waals surface area contributed by atoms with Crippen molar-refractivity contribution in [1.82, 2.24) is 14.7 Å². The molecule has 0 amide bonds. The normalized spacial score (nSPS) is 26.7. The molecule has 2 fully saturated rings. The Balaban J connectivity index is 1.50. The number of hydrogen-bond acceptors (Lipinski definition) is 3. The average molecular weight is 332 g/mol. The first-order valence-electron chi connectivity index (χ1n) is 7.91. The summed E-state index contributed by atoms with van der Waals surface area (Å²) < 4.78 is 1.83. The Morgan fingerprint density at radius 3 is 2.74 bits per heavy atom. The SMILES string of the molecule is O=C(O)[C@H]1C[C@H]2CC[C@H]1N2Cc1ccn(-c2ccc(Cl)cc2)n1. The van der Waals surface area contributed by atoms with Crippen molar-refractivity contribution >= 4 is 17.6 Å². The predicted octanol–water partition coefficient (Wildman–Crippen LogP) is 2.96. The summed E-state index contributed by atoms with van der Waals surface area (Å²) >= 11 is 5.91. The summed E-state index contributed by atoms with van der Waals surface area (Å²) in [5.74, 6) is -0.874. The number of aromatic nitrogens is 2. The van der Waals surface area contributed by atoms with Crippen LogP contribution in [0.15, 0.2) is 36.5 Å². The number of nitrogens with zero attached hydrogens (tertiary/aromatic N) is 3. The fourth-order valence-corrected chi connectivity index (χ4v) is 4.11. The van der Waals surface area contributed by atoms with Crippen LogP contribution in [0.5, 0.6) is 0 Å². The van der Waals surface area contributed by atoms with E-state index in [1.54, 1.807) is 0 Å². The second-order valence-corrected chi connectivity index (χ2v) is 6.82. The molecule has 6 heteroatoms.